The number of hydrogen-bond donors (Lipinski definition) is 1. The first-order valence-corrected chi connectivity index (χ1v) is 12.6. The van der Waals surface area contributed by atoms with Crippen LogP contribution in [-0.4, -0.2) is 45.6 Å². The number of nitrogens with zero attached hydrogens (tertiary/aromatic N) is 3. The van der Waals surface area contributed by atoms with Crippen LogP contribution >= 0.6 is 0 Å². The summed E-state index contributed by atoms with van der Waals surface area (Å²) in [6.45, 7) is 6.67. The molecule has 1 aromatic heterocycles. The number of aromatic nitrogens is 2. The van der Waals surface area contributed by atoms with Crippen LogP contribution in [0.1, 0.15) is 30.7 Å². The summed E-state index contributed by atoms with van der Waals surface area (Å²) in [4.78, 5) is 2.24. The van der Waals surface area contributed by atoms with Crippen molar-refractivity contribution >= 4 is 0 Å². The average molecular weight is 486 g/mol. The van der Waals surface area contributed by atoms with Gasteiger partial charge in [-0.3, -0.25) is 4.90 Å². The van der Waals surface area contributed by atoms with Crippen LogP contribution in [0.5, 0.6) is 11.6 Å². The molecule has 0 bridgehead atoms. The maximum Gasteiger partial charge on any atom is 0.227 e. The number of rotatable bonds is 13. The lowest BCUT2D eigenvalue weighted by Crippen LogP contribution is -2.34. The second-order valence-corrected chi connectivity index (χ2v) is 8.71. The Morgan fingerprint density at radius 2 is 1.50 bits per heavy atom. The van der Waals surface area contributed by atoms with Crippen LogP contribution in [0.4, 0.5) is 0 Å². The maximum atomic E-state index is 10.7. The van der Waals surface area contributed by atoms with E-state index in [4.69, 9.17) is 14.6 Å². The lowest BCUT2D eigenvalue weighted by atomic mass is 10.1. The van der Waals surface area contributed by atoms with Crippen molar-refractivity contribution in [3.8, 4) is 17.3 Å². The first kappa shape index (κ1) is 25.6. The number of para-hydroxylation sites is 2. The fourth-order valence-electron chi connectivity index (χ4n) is 4.22. The zero-order valence-corrected chi connectivity index (χ0v) is 21.1. The van der Waals surface area contributed by atoms with Gasteiger partial charge in [0.25, 0.3) is 0 Å². The molecule has 0 aliphatic carbocycles. The smallest absolute Gasteiger partial charge is 0.227 e. The summed E-state index contributed by atoms with van der Waals surface area (Å²) in [6.07, 6.45) is 0.169. The Balaban J connectivity index is 1.72. The first-order valence-electron chi connectivity index (χ1n) is 12.6. The minimum absolute atomic E-state index is 0.305. The van der Waals surface area contributed by atoms with E-state index in [0.29, 0.717) is 38.7 Å². The Hall–Kier alpha value is -3.45. The fraction of sp³-hybridized carbons (Fsp3) is 0.300. The van der Waals surface area contributed by atoms with Gasteiger partial charge < -0.3 is 14.6 Å². The molecule has 0 spiro atoms. The Labute approximate surface area is 213 Å². The Morgan fingerprint density at radius 3 is 2.14 bits per heavy atom. The third-order valence-corrected chi connectivity index (χ3v) is 5.93. The van der Waals surface area contributed by atoms with Gasteiger partial charge in [0.2, 0.25) is 5.88 Å². The predicted octanol–water partition coefficient (Wildman–Crippen LogP) is 5.63. The standard InChI is InChI=1S/C30H35N3O3/c1-3-29-28(22-32(21-26(34)23-35-4-2)20-24-14-8-5-9-15-24)30(36-27-18-12-7-13-19-27)33(31-29)25-16-10-6-11-17-25/h5-19,26,34H,3-4,20-23H2,1-2H3/t26-/m0/s1. The van der Waals surface area contributed by atoms with Gasteiger partial charge in [0.1, 0.15) is 5.75 Å². The van der Waals surface area contributed by atoms with E-state index in [9.17, 15) is 5.11 Å². The molecule has 0 amide bonds. The molecule has 0 aliphatic rings. The van der Waals surface area contributed by atoms with E-state index in [2.05, 4.69) is 24.0 Å². The molecule has 0 saturated carbocycles. The SMILES string of the molecule is CCOC[C@@H](O)CN(Cc1ccccc1)Cc1c(CC)nn(-c2ccccc2)c1Oc1ccccc1. The van der Waals surface area contributed by atoms with E-state index < -0.39 is 6.10 Å². The van der Waals surface area contributed by atoms with Crippen LogP contribution in [0.25, 0.3) is 5.69 Å². The van der Waals surface area contributed by atoms with Gasteiger partial charge in [0, 0.05) is 26.2 Å². The number of ether oxygens (including phenoxy) is 2. The van der Waals surface area contributed by atoms with Crippen molar-refractivity contribution in [3.05, 3.63) is 108 Å². The molecule has 0 unspecified atom stereocenters. The summed E-state index contributed by atoms with van der Waals surface area (Å²) >= 11 is 0. The van der Waals surface area contributed by atoms with Gasteiger partial charge in [-0.05, 0) is 43.2 Å². The molecule has 36 heavy (non-hydrogen) atoms. The molecule has 188 valence electrons. The molecule has 0 aliphatic heterocycles. The zero-order valence-electron chi connectivity index (χ0n) is 21.1. The molecule has 0 saturated heterocycles. The highest BCUT2D eigenvalue weighted by Crippen LogP contribution is 2.32. The molecule has 3 aromatic carbocycles. The minimum Gasteiger partial charge on any atom is -0.439 e. The molecule has 4 rings (SSSR count). The van der Waals surface area contributed by atoms with Crippen LogP contribution in [-0.2, 0) is 24.2 Å². The highest BCUT2D eigenvalue weighted by Gasteiger charge is 2.24. The molecule has 6 nitrogen and oxygen atoms in total. The van der Waals surface area contributed by atoms with Crippen molar-refractivity contribution in [1.82, 2.24) is 14.7 Å². The second-order valence-electron chi connectivity index (χ2n) is 8.71. The minimum atomic E-state index is -0.596. The van der Waals surface area contributed by atoms with Gasteiger partial charge in [-0.1, -0.05) is 73.7 Å². The molecule has 0 fully saturated rings. The van der Waals surface area contributed by atoms with E-state index >= 15 is 0 Å². The van der Waals surface area contributed by atoms with Crippen molar-refractivity contribution in [3.63, 3.8) is 0 Å². The quantitative estimate of drug-likeness (QED) is 0.266. The summed E-state index contributed by atoms with van der Waals surface area (Å²) in [7, 11) is 0. The normalized spacial score (nSPS) is 12.1. The van der Waals surface area contributed by atoms with Gasteiger partial charge in [-0.25, -0.2) is 4.68 Å². The number of aryl methyl sites for hydroxylation is 1. The van der Waals surface area contributed by atoms with Crippen LogP contribution in [0.3, 0.4) is 0 Å². The van der Waals surface area contributed by atoms with Gasteiger partial charge >= 0.3 is 0 Å². The monoisotopic (exact) mass is 485 g/mol. The summed E-state index contributed by atoms with van der Waals surface area (Å²) in [5, 5.41) is 15.7. The molecule has 1 atom stereocenters. The number of hydrogen-bond acceptors (Lipinski definition) is 5. The highest BCUT2D eigenvalue weighted by atomic mass is 16.5. The Kier molecular flexibility index (Phi) is 9.27. The average Bonchev–Trinajstić information content (AvgIpc) is 3.25. The predicted molar refractivity (Wildman–Crippen MR) is 143 cm³/mol. The molecule has 1 N–H and O–H groups in total. The van der Waals surface area contributed by atoms with Crippen molar-refractivity contribution in [2.24, 2.45) is 0 Å². The van der Waals surface area contributed by atoms with Gasteiger partial charge in [-0.2, -0.15) is 5.10 Å². The summed E-state index contributed by atoms with van der Waals surface area (Å²) in [5.41, 5.74) is 4.11. The number of aliphatic hydroxyl groups is 1. The second kappa shape index (κ2) is 13.0. The first-order chi connectivity index (χ1) is 17.7. The maximum absolute atomic E-state index is 10.7. The van der Waals surface area contributed by atoms with Gasteiger partial charge in [-0.15, -0.1) is 0 Å². The van der Waals surface area contributed by atoms with Crippen molar-refractivity contribution in [1.29, 1.82) is 0 Å². The van der Waals surface area contributed by atoms with Crippen molar-refractivity contribution in [2.45, 2.75) is 39.5 Å². The summed E-state index contributed by atoms with van der Waals surface area (Å²) in [6, 6.07) is 30.2. The zero-order chi connectivity index (χ0) is 25.2. The Morgan fingerprint density at radius 1 is 0.861 bits per heavy atom. The third kappa shape index (κ3) is 6.82. The van der Waals surface area contributed by atoms with E-state index in [1.165, 1.54) is 5.56 Å². The van der Waals surface area contributed by atoms with Crippen molar-refractivity contribution in [2.75, 3.05) is 19.8 Å². The third-order valence-electron chi connectivity index (χ3n) is 5.93. The summed E-state index contributed by atoms with van der Waals surface area (Å²) in [5.74, 6) is 1.45. The van der Waals surface area contributed by atoms with Crippen molar-refractivity contribution < 1.29 is 14.6 Å². The van der Waals surface area contributed by atoms with Crippen LogP contribution < -0.4 is 4.74 Å². The lowest BCUT2D eigenvalue weighted by molar-refractivity contribution is 0.0178. The van der Waals surface area contributed by atoms with Crippen LogP contribution in [0.2, 0.25) is 0 Å². The fourth-order valence-corrected chi connectivity index (χ4v) is 4.22. The van der Waals surface area contributed by atoms with Crippen LogP contribution in [0.15, 0.2) is 91.0 Å². The molecule has 1 heterocycles. The van der Waals surface area contributed by atoms with E-state index in [0.717, 1.165) is 29.1 Å². The molecule has 6 heteroatoms. The molecular formula is C30H35N3O3. The Bertz CT molecular complexity index is 1180. The van der Waals surface area contributed by atoms with Gasteiger partial charge in [0.15, 0.2) is 0 Å². The molecule has 4 aromatic rings. The topological polar surface area (TPSA) is 59.8 Å². The number of benzene rings is 3. The van der Waals surface area contributed by atoms with Crippen LogP contribution in [0, 0.1) is 0 Å². The van der Waals surface area contributed by atoms with Gasteiger partial charge in [0.05, 0.1) is 29.7 Å². The highest BCUT2D eigenvalue weighted by molar-refractivity contribution is 5.43. The largest absolute Gasteiger partial charge is 0.439 e. The molecular weight excluding hydrogens is 450 g/mol. The molecule has 0 radical (unpaired) electrons. The van der Waals surface area contributed by atoms with E-state index in [1.54, 1.807) is 0 Å². The summed E-state index contributed by atoms with van der Waals surface area (Å²) < 4.78 is 13.9. The number of aliphatic hydroxyl groups excluding tert-OH is 1. The van der Waals surface area contributed by atoms with E-state index in [1.807, 2.05) is 90.5 Å². The van der Waals surface area contributed by atoms with E-state index in [-0.39, 0.29) is 0 Å². The lowest BCUT2D eigenvalue weighted by Gasteiger charge is -2.25.